The molecule has 0 atom stereocenters. The first-order valence-electron chi connectivity index (χ1n) is 5.75. The van der Waals surface area contributed by atoms with E-state index in [1.54, 1.807) is 13.1 Å². The molecule has 19 heavy (non-hydrogen) atoms. The lowest BCUT2D eigenvalue weighted by molar-refractivity contribution is 0.595. The van der Waals surface area contributed by atoms with E-state index in [0.29, 0.717) is 23.3 Å². The fourth-order valence-corrected chi connectivity index (χ4v) is 1.94. The molecule has 0 radical (unpaired) electrons. The van der Waals surface area contributed by atoms with Gasteiger partial charge in [0.1, 0.15) is 5.39 Å². The van der Waals surface area contributed by atoms with Crippen molar-refractivity contribution >= 4 is 16.7 Å². The summed E-state index contributed by atoms with van der Waals surface area (Å²) in [7, 11) is 1.72. The standard InChI is InChI=1S/C12H12N6O/c1-17-11-10(6-14-17)12(19)18(16-15-11)7-8-3-2-4-9(13)5-8/h2-6H,7,13H2,1H3. The van der Waals surface area contributed by atoms with Gasteiger partial charge >= 0.3 is 0 Å². The van der Waals surface area contributed by atoms with Crippen molar-refractivity contribution in [3.63, 3.8) is 0 Å². The third-order valence-corrected chi connectivity index (χ3v) is 2.90. The second-order valence-electron chi connectivity index (χ2n) is 4.30. The summed E-state index contributed by atoms with van der Waals surface area (Å²) in [6.45, 7) is 0.335. The maximum absolute atomic E-state index is 12.2. The summed E-state index contributed by atoms with van der Waals surface area (Å²) in [6.07, 6.45) is 1.50. The van der Waals surface area contributed by atoms with Gasteiger partial charge in [-0.2, -0.15) is 5.10 Å². The molecule has 0 fully saturated rings. The zero-order chi connectivity index (χ0) is 13.4. The Hall–Kier alpha value is -2.70. The number of nitrogens with two attached hydrogens (primary N) is 1. The van der Waals surface area contributed by atoms with E-state index in [1.807, 2.05) is 18.2 Å². The van der Waals surface area contributed by atoms with Crippen LogP contribution in [0.5, 0.6) is 0 Å². The summed E-state index contributed by atoms with van der Waals surface area (Å²) in [5.74, 6) is 0. The molecule has 2 aromatic heterocycles. The van der Waals surface area contributed by atoms with E-state index in [-0.39, 0.29) is 5.56 Å². The van der Waals surface area contributed by atoms with Crippen molar-refractivity contribution < 1.29 is 0 Å². The Morgan fingerprint density at radius 2 is 2.21 bits per heavy atom. The molecule has 0 unspecified atom stereocenters. The Kier molecular flexibility index (Phi) is 2.52. The zero-order valence-electron chi connectivity index (χ0n) is 10.3. The zero-order valence-corrected chi connectivity index (χ0v) is 10.3. The lowest BCUT2D eigenvalue weighted by Crippen LogP contribution is -2.24. The number of aryl methyl sites for hydroxylation is 1. The quantitative estimate of drug-likeness (QED) is 0.659. The van der Waals surface area contributed by atoms with Crippen molar-refractivity contribution in [1.29, 1.82) is 0 Å². The number of fused-ring (bicyclic) bond motifs is 1. The summed E-state index contributed by atoms with van der Waals surface area (Å²) >= 11 is 0. The molecular formula is C12H12N6O. The Morgan fingerprint density at radius 1 is 1.37 bits per heavy atom. The van der Waals surface area contributed by atoms with Crippen molar-refractivity contribution in [2.75, 3.05) is 5.73 Å². The molecule has 0 amide bonds. The van der Waals surface area contributed by atoms with Gasteiger partial charge in [-0.05, 0) is 17.7 Å². The first-order valence-corrected chi connectivity index (χ1v) is 5.75. The number of aromatic nitrogens is 5. The Balaban J connectivity index is 2.06. The van der Waals surface area contributed by atoms with E-state index in [2.05, 4.69) is 15.4 Å². The minimum atomic E-state index is -0.208. The topological polar surface area (TPSA) is 91.6 Å². The molecule has 1 aromatic carbocycles. The summed E-state index contributed by atoms with van der Waals surface area (Å²) in [4.78, 5) is 12.2. The van der Waals surface area contributed by atoms with E-state index >= 15 is 0 Å². The predicted molar refractivity (Wildman–Crippen MR) is 70.5 cm³/mol. The minimum Gasteiger partial charge on any atom is -0.399 e. The van der Waals surface area contributed by atoms with E-state index in [0.717, 1.165) is 5.56 Å². The van der Waals surface area contributed by atoms with Gasteiger partial charge in [-0.3, -0.25) is 4.79 Å². The Morgan fingerprint density at radius 3 is 3.00 bits per heavy atom. The summed E-state index contributed by atoms with van der Waals surface area (Å²) in [5, 5.41) is 12.4. The third-order valence-electron chi connectivity index (χ3n) is 2.90. The van der Waals surface area contributed by atoms with Crippen LogP contribution in [0, 0.1) is 0 Å². The molecular weight excluding hydrogens is 244 g/mol. The highest BCUT2D eigenvalue weighted by Crippen LogP contribution is 2.08. The molecule has 0 spiro atoms. The molecule has 3 rings (SSSR count). The molecule has 0 aliphatic heterocycles. The van der Waals surface area contributed by atoms with Crippen LogP contribution in [0.3, 0.4) is 0 Å². The van der Waals surface area contributed by atoms with Crippen molar-refractivity contribution in [1.82, 2.24) is 24.8 Å². The van der Waals surface area contributed by atoms with Gasteiger partial charge in [0.2, 0.25) is 0 Å². The van der Waals surface area contributed by atoms with Crippen LogP contribution in [0.15, 0.2) is 35.3 Å². The van der Waals surface area contributed by atoms with E-state index in [1.165, 1.54) is 15.6 Å². The minimum absolute atomic E-state index is 0.208. The normalized spacial score (nSPS) is 11.0. The summed E-state index contributed by atoms with van der Waals surface area (Å²) in [5.41, 5.74) is 7.54. The van der Waals surface area contributed by atoms with Gasteiger partial charge in [0.15, 0.2) is 5.65 Å². The lowest BCUT2D eigenvalue weighted by Gasteiger charge is -2.04. The van der Waals surface area contributed by atoms with Crippen LogP contribution in [0.2, 0.25) is 0 Å². The number of rotatable bonds is 2. The molecule has 7 heteroatoms. The largest absolute Gasteiger partial charge is 0.399 e. The molecule has 0 aliphatic carbocycles. The molecule has 0 saturated carbocycles. The highest BCUT2D eigenvalue weighted by molar-refractivity contribution is 5.72. The molecule has 7 nitrogen and oxygen atoms in total. The summed E-state index contributed by atoms with van der Waals surface area (Å²) < 4.78 is 2.83. The van der Waals surface area contributed by atoms with E-state index in [4.69, 9.17) is 5.73 Å². The van der Waals surface area contributed by atoms with Gasteiger partial charge < -0.3 is 5.73 Å². The highest BCUT2D eigenvalue weighted by atomic mass is 16.1. The van der Waals surface area contributed by atoms with Crippen LogP contribution in [0.1, 0.15) is 5.56 Å². The molecule has 2 heterocycles. The van der Waals surface area contributed by atoms with Crippen LogP contribution in [-0.4, -0.2) is 24.8 Å². The fourth-order valence-electron chi connectivity index (χ4n) is 1.94. The first-order chi connectivity index (χ1) is 9.15. The second-order valence-corrected chi connectivity index (χ2v) is 4.30. The Labute approximate surface area is 108 Å². The average molecular weight is 256 g/mol. The molecule has 96 valence electrons. The first kappa shape index (κ1) is 11.4. The number of benzene rings is 1. The van der Waals surface area contributed by atoms with Gasteiger partial charge in [0, 0.05) is 12.7 Å². The van der Waals surface area contributed by atoms with Gasteiger partial charge in [-0.15, -0.1) is 5.10 Å². The predicted octanol–water partition coefficient (Wildman–Crippen LogP) is 0.155. The maximum Gasteiger partial charge on any atom is 0.281 e. The van der Waals surface area contributed by atoms with Crippen LogP contribution < -0.4 is 11.3 Å². The van der Waals surface area contributed by atoms with Gasteiger partial charge in [0.25, 0.3) is 5.56 Å². The number of nitrogens with zero attached hydrogens (tertiary/aromatic N) is 5. The van der Waals surface area contributed by atoms with E-state index in [9.17, 15) is 4.79 Å². The van der Waals surface area contributed by atoms with Crippen LogP contribution >= 0.6 is 0 Å². The van der Waals surface area contributed by atoms with Crippen LogP contribution in [0.25, 0.3) is 11.0 Å². The second kappa shape index (κ2) is 4.20. The average Bonchev–Trinajstić information content (AvgIpc) is 2.76. The van der Waals surface area contributed by atoms with Crippen molar-refractivity contribution in [2.24, 2.45) is 7.05 Å². The molecule has 0 aliphatic rings. The van der Waals surface area contributed by atoms with Gasteiger partial charge in [0.05, 0.1) is 12.7 Å². The van der Waals surface area contributed by atoms with Gasteiger partial charge in [-0.1, -0.05) is 17.3 Å². The molecule has 0 saturated heterocycles. The monoisotopic (exact) mass is 256 g/mol. The number of hydrogen-bond donors (Lipinski definition) is 1. The smallest absolute Gasteiger partial charge is 0.281 e. The number of anilines is 1. The molecule has 2 N–H and O–H groups in total. The third kappa shape index (κ3) is 1.95. The molecule has 3 aromatic rings. The SMILES string of the molecule is Cn1ncc2c(=O)n(Cc3cccc(N)c3)nnc21. The Bertz CT molecular complexity index is 803. The number of hydrogen-bond acceptors (Lipinski definition) is 5. The fraction of sp³-hybridized carbons (Fsp3) is 0.167. The van der Waals surface area contributed by atoms with E-state index < -0.39 is 0 Å². The summed E-state index contributed by atoms with van der Waals surface area (Å²) in [6, 6.07) is 7.33. The van der Waals surface area contributed by atoms with Crippen molar-refractivity contribution in [2.45, 2.75) is 6.54 Å². The highest BCUT2D eigenvalue weighted by Gasteiger charge is 2.09. The maximum atomic E-state index is 12.2. The van der Waals surface area contributed by atoms with Crippen molar-refractivity contribution in [3.05, 3.63) is 46.4 Å². The molecule has 0 bridgehead atoms. The van der Waals surface area contributed by atoms with Crippen molar-refractivity contribution in [3.8, 4) is 0 Å². The van der Waals surface area contributed by atoms with Gasteiger partial charge in [-0.25, -0.2) is 9.36 Å². The lowest BCUT2D eigenvalue weighted by atomic mass is 10.2. The van der Waals surface area contributed by atoms with Crippen LogP contribution in [-0.2, 0) is 13.6 Å². The number of nitrogen functional groups attached to an aromatic ring is 1. The van der Waals surface area contributed by atoms with Crippen LogP contribution in [0.4, 0.5) is 5.69 Å².